The Balaban J connectivity index is 1.72. The fraction of sp³-hybridized carbons (Fsp3) is 1.00. The van der Waals surface area contributed by atoms with E-state index in [2.05, 4.69) is 12.2 Å². The fourth-order valence-electron chi connectivity index (χ4n) is 3.03. The summed E-state index contributed by atoms with van der Waals surface area (Å²) in [5, 5.41) is 3.69. The standard InChI is InChI=1S/C13H25NO/c1-2-11-3-6-14-13(9-11)10-12-4-7-15-8-5-12/h11-14H,2-10H2,1H3. The Labute approximate surface area is 93.8 Å². The van der Waals surface area contributed by atoms with Gasteiger partial charge in [-0.25, -0.2) is 0 Å². The van der Waals surface area contributed by atoms with Crippen LogP contribution >= 0.6 is 0 Å². The van der Waals surface area contributed by atoms with E-state index in [1.807, 2.05) is 0 Å². The molecule has 2 fully saturated rings. The van der Waals surface area contributed by atoms with E-state index in [0.29, 0.717) is 0 Å². The monoisotopic (exact) mass is 211 g/mol. The lowest BCUT2D eigenvalue weighted by molar-refractivity contribution is 0.0581. The highest BCUT2D eigenvalue weighted by molar-refractivity contribution is 4.80. The predicted molar refractivity (Wildman–Crippen MR) is 63.0 cm³/mol. The lowest BCUT2D eigenvalue weighted by Crippen LogP contribution is -2.39. The second kappa shape index (κ2) is 5.86. The molecule has 2 nitrogen and oxygen atoms in total. The summed E-state index contributed by atoms with van der Waals surface area (Å²) in [7, 11) is 0. The third kappa shape index (κ3) is 3.46. The maximum atomic E-state index is 5.41. The summed E-state index contributed by atoms with van der Waals surface area (Å²) >= 11 is 0. The van der Waals surface area contributed by atoms with Gasteiger partial charge in [0.1, 0.15) is 0 Å². The Hall–Kier alpha value is -0.0800. The molecule has 0 aliphatic carbocycles. The van der Waals surface area contributed by atoms with Gasteiger partial charge in [0.15, 0.2) is 0 Å². The molecule has 0 saturated carbocycles. The molecule has 0 aromatic rings. The van der Waals surface area contributed by atoms with Crippen molar-refractivity contribution in [3.63, 3.8) is 0 Å². The van der Waals surface area contributed by atoms with Crippen molar-refractivity contribution in [1.82, 2.24) is 5.32 Å². The van der Waals surface area contributed by atoms with Gasteiger partial charge in [0, 0.05) is 19.3 Å². The lowest BCUT2D eigenvalue weighted by atomic mass is 9.84. The minimum Gasteiger partial charge on any atom is -0.381 e. The van der Waals surface area contributed by atoms with Crippen LogP contribution in [0, 0.1) is 11.8 Å². The zero-order chi connectivity index (χ0) is 10.5. The first-order valence-corrected chi connectivity index (χ1v) is 6.69. The summed E-state index contributed by atoms with van der Waals surface area (Å²) in [4.78, 5) is 0. The van der Waals surface area contributed by atoms with E-state index in [4.69, 9.17) is 4.74 Å². The van der Waals surface area contributed by atoms with Gasteiger partial charge in [0.2, 0.25) is 0 Å². The van der Waals surface area contributed by atoms with E-state index >= 15 is 0 Å². The molecule has 2 aliphatic rings. The molecule has 2 aliphatic heterocycles. The van der Waals surface area contributed by atoms with Gasteiger partial charge in [-0.15, -0.1) is 0 Å². The zero-order valence-electron chi connectivity index (χ0n) is 10.0. The molecule has 2 rings (SSSR count). The van der Waals surface area contributed by atoms with Crippen molar-refractivity contribution in [3.8, 4) is 0 Å². The van der Waals surface area contributed by atoms with Gasteiger partial charge in [0.05, 0.1) is 0 Å². The van der Waals surface area contributed by atoms with Crippen molar-refractivity contribution >= 4 is 0 Å². The van der Waals surface area contributed by atoms with E-state index in [1.165, 1.54) is 45.1 Å². The fourth-order valence-corrected chi connectivity index (χ4v) is 3.03. The molecule has 0 spiro atoms. The number of piperidine rings is 1. The van der Waals surface area contributed by atoms with Crippen molar-refractivity contribution in [2.24, 2.45) is 11.8 Å². The number of nitrogens with one attached hydrogen (secondary N) is 1. The second-order valence-electron chi connectivity index (χ2n) is 5.24. The van der Waals surface area contributed by atoms with Crippen LogP contribution in [0.15, 0.2) is 0 Å². The molecule has 1 N–H and O–H groups in total. The van der Waals surface area contributed by atoms with Crippen LogP contribution in [0.3, 0.4) is 0 Å². The van der Waals surface area contributed by atoms with Crippen LogP contribution in [0.5, 0.6) is 0 Å². The zero-order valence-corrected chi connectivity index (χ0v) is 10.0. The first kappa shape index (κ1) is 11.4. The van der Waals surface area contributed by atoms with Crippen molar-refractivity contribution < 1.29 is 4.74 Å². The third-order valence-electron chi connectivity index (χ3n) is 4.14. The first-order chi connectivity index (χ1) is 7.38. The number of ether oxygens (including phenoxy) is 1. The molecule has 0 aromatic carbocycles. The van der Waals surface area contributed by atoms with E-state index in [9.17, 15) is 0 Å². The molecule has 15 heavy (non-hydrogen) atoms. The van der Waals surface area contributed by atoms with Crippen LogP contribution in [0.1, 0.15) is 45.4 Å². The Kier molecular flexibility index (Phi) is 4.45. The van der Waals surface area contributed by atoms with Crippen LogP contribution in [-0.2, 0) is 4.74 Å². The average molecular weight is 211 g/mol. The van der Waals surface area contributed by atoms with E-state index < -0.39 is 0 Å². The van der Waals surface area contributed by atoms with Gasteiger partial charge in [-0.2, -0.15) is 0 Å². The summed E-state index contributed by atoms with van der Waals surface area (Å²) in [6.07, 6.45) is 8.13. The molecular weight excluding hydrogens is 186 g/mol. The summed E-state index contributed by atoms with van der Waals surface area (Å²) in [6, 6.07) is 0.798. The summed E-state index contributed by atoms with van der Waals surface area (Å²) in [6.45, 7) is 5.57. The van der Waals surface area contributed by atoms with Gasteiger partial charge in [-0.05, 0) is 50.5 Å². The molecule has 2 saturated heterocycles. The molecule has 2 atom stereocenters. The Morgan fingerprint density at radius 2 is 1.93 bits per heavy atom. The Bertz CT molecular complexity index is 177. The lowest BCUT2D eigenvalue weighted by Gasteiger charge is -2.33. The smallest absolute Gasteiger partial charge is 0.0468 e. The maximum Gasteiger partial charge on any atom is 0.0468 e. The van der Waals surface area contributed by atoms with Gasteiger partial charge in [0.25, 0.3) is 0 Å². The van der Waals surface area contributed by atoms with Crippen molar-refractivity contribution in [2.75, 3.05) is 19.8 Å². The second-order valence-corrected chi connectivity index (χ2v) is 5.24. The Morgan fingerprint density at radius 1 is 1.13 bits per heavy atom. The van der Waals surface area contributed by atoms with Crippen LogP contribution in [0.4, 0.5) is 0 Å². The van der Waals surface area contributed by atoms with Gasteiger partial charge in [-0.1, -0.05) is 13.3 Å². The summed E-state index contributed by atoms with van der Waals surface area (Å²) < 4.78 is 5.41. The van der Waals surface area contributed by atoms with E-state index in [-0.39, 0.29) is 0 Å². The molecule has 0 aromatic heterocycles. The van der Waals surface area contributed by atoms with Crippen molar-refractivity contribution in [1.29, 1.82) is 0 Å². The quantitative estimate of drug-likeness (QED) is 0.774. The molecule has 0 amide bonds. The average Bonchev–Trinajstić information content (AvgIpc) is 2.31. The van der Waals surface area contributed by atoms with Crippen LogP contribution in [-0.4, -0.2) is 25.8 Å². The molecule has 2 unspecified atom stereocenters. The van der Waals surface area contributed by atoms with E-state index in [1.54, 1.807) is 0 Å². The molecule has 0 radical (unpaired) electrons. The van der Waals surface area contributed by atoms with Crippen molar-refractivity contribution in [2.45, 2.75) is 51.5 Å². The Morgan fingerprint density at radius 3 is 2.67 bits per heavy atom. The minimum absolute atomic E-state index is 0.798. The van der Waals surface area contributed by atoms with E-state index in [0.717, 1.165) is 31.1 Å². The molecule has 2 heteroatoms. The predicted octanol–water partition coefficient (Wildman–Crippen LogP) is 2.58. The maximum absolute atomic E-state index is 5.41. The molecular formula is C13H25NO. The third-order valence-corrected chi connectivity index (χ3v) is 4.14. The number of rotatable bonds is 3. The number of hydrogen-bond donors (Lipinski definition) is 1. The highest BCUT2D eigenvalue weighted by Gasteiger charge is 2.24. The van der Waals surface area contributed by atoms with Gasteiger partial charge in [-0.3, -0.25) is 0 Å². The largest absolute Gasteiger partial charge is 0.381 e. The summed E-state index contributed by atoms with van der Waals surface area (Å²) in [5.74, 6) is 1.91. The molecule has 0 bridgehead atoms. The molecule has 2 heterocycles. The normalized spacial score (nSPS) is 34.2. The van der Waals surface area contributed by atoms with Gasteiger partial charge < -0.3 is 10.1 Å². The van der Waals surface area contributed by atoms with Crippen molar-refractivity contribution in [3.05, 3.63) is 0 Å². The van der Waals surface area contributed by atoms with Crippen LogP contribution in [0.25, 0.3) is 0 Å². The van der Waals surface area contributed by atoms with Gasteiger partial charge >= 0.3 is 0 Å². The number of hydrogen-bond acceptors (Lipinski definition) is 2. The SMILES string of the molecule is CCC1CCNC(CC2CCOCC2)C1. The highest BCUT2D eigenvalue weighted by Crippen LogP contribution is 2.26. The molecule has 88 valence electrons. The first-order valence-electron chi connectivity index (χ1n) is 6.69. The highest BCUT2D eigenvalue weighted by atomic mass is 16.5. The topological polar surface area (TPSA) is 21.3 Å². The summed E-state index contributed by atoms with van der Waals surface area (Å²) in [5.41, 5.74) is 0. The van der Waals surface area contributed by atoms with Crippen LogP contribution < -0.4 is 5.32 Å². The minimum atomic E-state index is 0.798. The van der Waals surface area contributed by atoms with Crippen LogP contribution in [0.2, 0.25) is 0 Å².